The van der Waals surface area contributed by atoms with Crippen molar-refractivity contribution in [2.24, 2.45) is 5.73 Å². The minimum absolute atomic E-state index is 0.0565. The van der Waals surface area contributed by atoms with Crippen LogP contribution in [0.25, 0.3) is 0 Å². The van der Waals surface area contributed by atoms with Crippen LogP contribution in [0.2, 0.25) is 0 Å². The summed E-state index contributed by atoms with van der Waals surface area (Å²) in [6.45, 7) is 1.31. The highest BCUT2D eigenvalue weighted by Gasteiger charge is 2.19. The lowest BCUT2D eigenvalue weighted by Crippen LogP contribution is -2.34. The Kier molecular flexibility index (Phi) is 4.44. The number of halogens is 1. The van der Waals surface area contributed by atoms with Gasteiger partial charge in [0.2, 0.25) is 0 Å². The van der Waals surface area contributed by atoms with Crippen molar-refractivity contribution in [3.05, 3.63) is 23.5 Å². The number of carbonyl (C=O) groups is 1. The number of ether oxygens (including phenoxy) is 1. The van der Waals surface area contributed by atoms with Gasteiger partial charge in [0.25, 0.3) is 5.91 Å². The summed E-state index contributed by atoms with van der Waals surface area (Å²) in [5.74, 6) is -1.13. The first-order valence-corrected chi connectivity index (χ1v) is 6.70. The Bertz CT molecular complexity index is 501. The Labute approximate surface area is 117 Å². The molecule has 1 aromatic carbocycles. The summed E-state index contributed by atoms with van der Waals surface area (Å²) < 4.78 is 19.6. The molecule has 1 saturated heterocycles. The molecule has 0 saturated carbocycles. The number of carbonyl (C=O) groups excluding carboxylic acids is 1. The minimum atomic E-state index is -0.661. The number of benzene rings is 1. The van der Waals surface area contributed by atoms with Crippen molar-refractivity contribution in [1.82, 2.24) is 0 Å². The van der Waals surface area contributed by atoms with E-state index in [-0.39, 0.29) is 17.4 Å². The molecule has 1 aliphatic heterocycles. The zero-order valence-electron chi connectivity index (χ0n) is 11.6. The van der Waals surface area contributed by atoms with Gasteiger partial charge in [-0.3, -0.25) is 4.79 Å². The first-order chi connectivity index (χ1) is 9.49. The van der Waals surface area contributed by atoms with Gasteiger partial charge in [-0.1, -0.05) is 0 Å². The molecule has 0 aromatic heterocycles. The van der Waals surface area contributed by atoms with E-state index in [1.807, 2.05) is 0 Å². The number of nitrogens with zero attached hydrogens (tertiary/aromatic N) is 1. The van der Waals surface area contributed by atoms with Crippen LogP contribution >= 0.6 is 0 Å². The second-order valence-corrected chi connectivity index (χ2v) is 5.12. The summed E-state index contributed by atoms with van der Waals surface area (Å²) in [6, 6.07) is 2.53. The molecule has 1 atom stereocenters. The Morgan fingerprint density at radius 3 is 2.85 bits per heavy atom. The average Bonchev–Trinajstić information content (AvgIpc) is 2.39. The van der Waals surface area contributed by atoms with E-state index < -0.39 is 11.7 Å². The summed E-state index contributed by atoms with van der Waals surface area (Å²) in [6.07, 6.45) is 3.24. The zero-order chi connectivity index (χ0) is 14.7. The van der Waals surface area contributed by atoms with Gasteiger partial charge in [0.05, 0.1) is 17.4 Å². The number of nitrogens with two attached hydrogens (primary N) is 2. The maximum atomic E-state index is 14.0. The predicted octanol–water partition coefficient (Wildman–Crippen LogP) is 1.51. The molecule has 4 N–H and O–H groups in total. The maximum absolute atomic E-state index is 14.0. The molecule has 1 aliphatic rings. The van der Waals surface area contributed by atoms with Crippen LogP contribution in [-0.4, -0.2) is 32.2 Å². The SMILES string of the molecule is CN(CC1CCCCO1)c1cc(C(N)=O)c(N)cc1F. The summed E-state index contributed by atoms with van der Waals surface area (Å²) in [4.78, 5) is 13.0. The van der Waals surface area contributed by atoms with Gasteiger partial charge < -0.3 is 21.1 Å². The number of anilines is 2. The van der Waals surface area contributed by atoms with Crippen LogP contribution in [-0.2, 0) is 4.74 Å². The molecule has 2 rings (SSSR count). The molecule has 20 heavy (non-hydrogen) atoms. The van der Waals surface area contributed by atoms with Gasteiger partial charge in [0.1, 0.15) is 5.82 Å². The fraction of sp³-hybridized carbons (Fsp3) is 0.500. The molecule has 0 aliphatic carbocycles. The molecule has 110 valence electrons. The van der Waals surface area contributed by atoms with Crippen LogP contribution in [0.15, 0.2) is 12.1 Å². The van der Waals surface area contributed by atoms with E-state index in [9.17, 15) is 9.18 Å². The molecule has 1 unspecified atom stereocenters. The third kappa shape index (κ3) is 3.19. The van der Waals surface area contributed by atoms with Crippen LogP contribution in [0.4, 0.5) is 15.8 Å². The first kappa shape index (κ1) is 14.6. The average molecular weight is 281 g/mol. The van der Waals surface area contributed by atoms with Crippen molar-refractivity contribution in [2.45, 2.75) is 25.4 Å². The van der Waals surface area contributed by atoms with Crippen molar-refractivity contribution in [3.63, 3.8) is 0 Å². The molecule has 0 radical (unpaired) electrons. The first-order valence-electron chi connectivity index (χ1n) is 6.70. The third-order valence-electron chi connectivity index (χ3n) is 3.55. The molecule has 5 nitrogen and oxygen atoms in total. The van der Waals surface area contributed by atoms with Crippen molar-refractivity contribution in [2.75, 3.05) is 30.8 Å². The van der Waals surface area contributed by atoms with Gasteiger partial charge in [-0.25, -0.2) is 4.39 Å². The van der Waals surface area contributed by atoms with Gasteiger partial charge >= 0.3 is 0 Å². The number of hydrogen-bond donors (Lipinski definition) is 2. The van der Waals surface area contributed by atoms with E-state index in [0.717, 1.165) is 31.9 Å². The molecule has 1 amide bonds. The van der Waals surface area contributed by atoms with Crippen molar-refractivity contribution >= 4 is 17.3 Å². The molecule has 0 bridgehead atoms. The molecule has 1 fully saturated rings. The van der Waals surface area contributed by atoms with Gasteiger partial charge in [-0.05, 0) is 31.4 Å². The lowest BCUT2D eigenvalue weighted by molar-refractivity contribution is 0.0215. The molecule has 1 heterocycles. The van der Waals surface area contributed by atoms with E-state index in [4.69, 9.17) is 16.2 Å². The van der Waals surface area contributed by atoms with Gasteiger partial charge in [0.15, 0.2) is 0 Å². The van der Waals surface area contributed by atoms with Crippen LogP contribution in [0.5, 0.6) is 0 Å². The Morgan fingerprint density at radius 1 is 1.50 bits per heavy atom. The second kappa shape index (κ2) is 6.09. The summed E-state index contributed by atoms with van der Waals surface area (Å²) in [5.41, 5.74) is 11.3. The van der Waals surface area contributed by atoms with E-state index in [1.165, 1.54) is 6.07 Å². The second-order valence-electron chi connectivity index (χ2n) is 5.12. The minimum Gasteiger partial charge on any atom is -0.398 e. The van der Waals surface area contributed by atoms with Crippen LogP contribution in [0.1, 0.15) is 29.6 Å². The van der Waals surface area contributed by atoms with Gasteiger partial charge in [0, 0.05) is 25.9 Å². The number of nitrogen functional groups attached to an aromatic ring is 1. The number of primary amides is 1. The number of rotatable bonds is 4. The number of hydrogen-bond acceptors (Lipinski definition) is 4. The van der Waals surface area contributed by atoms with E-state index >= 15 is 0 Å². The molecule has 1 aromatic rings. The normalized spacial score (nSPS) is 18.8. The van der Waals surface area contributed by atoms with Crippen LogP contribution in [0, 0.1) is 5.82 Å². The lowest BCUT2D eigenvalue weighted by atomic mass is 10.1. The Hall–Kier alpha value is -1.82. The third-order valence-corrected chi connectivity index (χ3v) is 3.55. The number of amides is 1. The highest BCUT2D eigenvalue weighted by Crippen LogP contribution is 2.26. The fourth-order valence-electron chi connectivity index (χ4n) is 2.44. The largest absolute Gasteiger partial charge is 0.398 e. The van der Waals surface area contributed by atoms with Crippen LogP contribution < -0.4 is 16.4 Å². The van der Waals surface area contributed by atoms with Crippen LogP contribution in [0.3, 0.4) is 0 Å². The van der Waals surface area contributed by atoms with Crippen molar-refractivity contribution < 1.29 is 13.9 Å². The molecular weight excluding hydrogens is 261 g/mol. The molecular formula is C14H20FN3O2. The summed E-state index contributed by atoms with van der Waals surface area (Å²) in [5, 5.41) is 0. The summed E-state index contributed by atoms with van der Waals surface area (Å²) in [7, 11) is 1.76. The van der Waals surface area contributed by atoms with E-state index in [1.54, 1.807) is 11.9 Å². The highest BCUT2D eigenvalue weighted by molar-refractivity contribution is 5.99. The molecule has 0 spiro atoms. The quantitative estimate of drug-likeness (QED) is 0.820. The highest BCUT2D eigenvalue weighted by atomic mass is 19.1. The standard InChI is InChI=1S/C14H20FN3O2/c1-18(8-9-4-2-3-5-20-9)13-6-10(14(17)19)12(16)7-11(13)15/h6-7,9H,2-5,8,16H2,1H3,(H2,17,19). The topological polar surface area (TPSA) is 81.6 Å². The molecule has 6 heteroatoms. The van der Waals surface area contributed by atoms with E-state index in [2.05, 4.69) is 0 Å². The summed E-state index contributed by atoms with van der Waals surface area (Å²) >= 11 is 0. The Morgan fingerprint density at radius 2 is 2.25 bits per heavy atom. The Balaban J connectivity index is 2.17. The smallest absolute Gasteiger partial charge is 0.250 e. The predicted molar refractivity (Wildman–Crippen MR) is 76.2 cm³/mol. The zero-order valence-corrected chi connectivity index (χ0v) is 11.6. The van der Waals surface area contributed by atoms with Gasteiger partial charge in [-0.15, -0.1) is 0 Å². The fourth-order valence-corrected chi connectivity index (χ4v) is 2.44. The monoisotopic (exact) mass is 281 g/mol. The van der Waals surface area contributed by atoms with Crippen molar-refractivity contribution in [1.29, 1.82) is 0 Å². The maximum Gasteiger partial charge on any atom is 0.250 e. The lowest BCUT2D eigenvalue weighted by Gasteiger charge is -2.29. The van der Waals surface area contributed by atoms with Gasteiger partial charge in [-0.2, -0.15) is 0 Å². The van der Waals surface area contributed by atoms with Crippen molar-refractivity contribution in [3.8, 4) is 0 Å². The number of likely N-dealkylation sites (N-methyl/N-ethyl adjacent to an activating group) is 1. The van der Waals surface area contributed by atoms with E-state index in [0.29, 0.717) is 12.2 Å².